The van der Waals surface area contributed by atoms with Crippen LogP contribution < -0.4 is 5.32 Å². The maximum Gasteiger partial charge on any atom is 0.102 e. The molecule has 2 rings (SSSR count). The van der Waals surface area contributed by atoms with Gasteiger partial charge in [0, 0.05) is 18.3 Å². The van der Waals surface area contributed by atoms with Crippen molar-refractivity contribution in [2.75, 3.05) is 5.32 Å². The van der Waals surface area contributed by atoms with Gasteiger partial charge in [0.05, 0.1) is 17.3 Å². The van der Waals surface area contributed by atoms with Gasteiger partial charge in [-0.1, -0.05) is 28.4 Å². The molecule has 0 bridgehead atoms. The van der Waals surface area contributed by atoms with E-state index in [1.54, 1.807) is 4.68 Å². The highest BCUT2D eigenvalue weighted by Crippen LogP contribution is 2.28. The van der Waals surface area contributed by atoms with Gasteiger partial charge in [-0.3, -0.25) is 4.68 Å². The van der Waals surface area contributed by atoms with Gasteiger partial charge >= 0.3 is 0 Å². The van der Waals surface area contributed by atoms with Crippen LogP contribution in [0.2, 0.25) is 10.0 Å². The van der Waals surface area contributed by atoms with Crippen LogP contribution in [0.15, 0.2) is 18.3 Å². The zero-order valence-electron chi connectivity index (χ0n) is 9.54. The predicted octanol–water partition coefficient (Wildman–Crippen LogP) is 3.04. The number of anilines is 1. The van der Waals surface area contributed by atoms with Crippen molar-refractivity contribution in [2.24, 2.45) is 7.05 Å². The summed E-state index contributed by atoms with van der Waals surface area (Å²) in [5, 5.41) is 12.3. The highest BCUT2D eigenvalue weighted by atomic mass is 35.5. The van der Waals surface area contributed by atoms with E-state index < -0.39 is 0 Å². The molecule has 6 heteroatoms. The lowest BCUT2D eigenvalue weighted by atomic mass is 10.2. The summed E-state index contributed by atoms with van der Waals surface area (Å²) in [6.07, 6.45) is 1.84. The topological polar surface area (TPSA) is 42.7 Å². The first-order valence-electron chi connectivity index (χ1n) is 5.11. The van der Waals surface area contributed by atoms with Gasteiger partial charge in [0.2, 0.25) is 0 Å². The highest BCUT2D eigenvalue weighted by Gasteiger charge is 2.05. The minimum atomic E-state index is 0.562. The Morgan fingerprint density at radius 2 is 2.06 bits per heavy atom. The second-order valence-corrected chi connectivity index (χ2v) is 4.63. The number of nitrogens with zero attached hydrogens (tertiary/aromatic N) is 3. The number of aromatic nitrogens is 3. The van der Waals surface area contributed by atoms with E-state index in [1.807, 2.05) is 32.3 Å². The molecule has 0 spiro atoms. The summed E-state index contributed by atoms with van der Waals surface area (Å²) in [7, 11) is 1.83. The summed E-state index contributed by atoms with van der Waals surface area (Å²) in [6, 6.07) is 3.65. The smallest absolute Gasteiger partial charge is 0.102 e. The van der Waals surface area contributed by atoms with Crippen LogP contribution in [0.25, 0.3) is 0 Å². The first kappa shape index (κ1) is 12.2. The lowest BCUT2D eigenvalue weighted by molar-refractivity contribution is 0.713. The van der Waals surface area contributed by atoms with Crippen LogP contribution in [-0.2, 0) is 13.6 Å². The second-order valence-electron chi connectivity index (χ2n) is 3.82. The van der Waals surface area contributed by atoms with Gasteiger partial charge in [-0.15, -0.1) is 5.10 Å². The Bertz CT molecular complexity index is 536. The Morgan fingerprint density at radius 1 is 1.29 bits per heavy atom. The van der Waals surface area contributed by atoms with E-state index >= 15 is 0 Å². The molecule has 1 aromatic heterocycles. The van der Waals surface area contributed by atoms with Crippen LogP contribution in [0, 0.1) is 6.92 Å². The number of hydrogen-bond donors (Lipinski definition) is 1. The molecule has 0 amide bonds. The molecule has 0 unspecified atom stereocenters. The Hall–Kier alpha value is -1.26. The summed E-state index contributed by atoms with van der Waals surface area (Å²) in [5.74, 6) is 0. The molecule has 0 saturated heterocycles. The molecule has 0 aliphatic rings. The van der Waals surface area contributed by atoms with Crippen molar-refractivity contribution in [1.29, 1.82) is 0 Å². The highest BCUT2D eigenvalue weighted by molar-refractivity contribution is 6.35. The Labute approximate surface area is 110 Å². The van der Waals surface area contributed by atoms with Crippen LogP contribution in [0.5, 0.6) is 0 Å². The fraction of sp³-hybridized carbons (Fsp3) is 0.273. The van der Waals surface area contributed by atoms with E-state index in [0.29, 0.717) is 16.6 Å². The van der Waals surface area contributed by atoms with Gasteiger partial charge in [-0.25, -0.2) is 0 Å². The molecule has 0 atom stereocenters. The SMILES string of the molecule is Cc1cc(Cl)c(NCc2cn(C)nn2)cc1Cl. The maximum absolute atomic E-state index is 6.11. The van der Waals surface area contributed by atoms with Crippen molar-refractivity contribution in [3.8, 4) is 0 Å². The molecule has 90 valence electrons. The predicted molar refractivity (Wildman–Crippen MR) is 69.5 cm³/mol. The van der Waals surface area contributed by atoms with Crippen molar-refractivity contribution < 1.29 is 0 Å². The average Bonchev–Trinajstić information content (AvgIpc) is 2.68. The monoisotopic (exact) mass is 270 g/mol. The van der Waals surface area contributed by atoms with Gasteiger partial charge < -0.3 is 5.32 Å². The quantitative estimate of drug-likeness (QED) is 0.933. The van der Waals surface area contributed by atoms with Crippen LogP contribution in [0.1, 0.15) is 11.3 Å². The van der Waals surface area contributed by atoms with Gasteiger partial charge in [0.1, 0.15) is 5.69 Å². The van der Waals surface area contributed by atoms with Gasteiger partial charge in [0.15, 0.2) is 0 Å². The number of hydrogen-bond acceptors (Lipinski definition) is 3. The molecular formula is C11H12Cl2N4. The van der Waals surface area contributed by atoms with Crippen LogP contribution in [0.4, 0.5) is 5.69 Å². The molecule has 17 heavy (non-hydrogen) atoms. The molecule has 0 radical (unpaired) electrons. The third-order valence-electron chi connectivity index (χ3n) is 2.36. The Kier molecular flexibility index (Phi) is 3.54. The summed E-state index contributed by atoms with van der Waals surface area (Å²) in [6.45, 7) is 2.48. The summed E-state index contributed by atoms with van der Waals surface area (Å²) >= 11 is 12.2. The molecule has 1 heterocycles. The number of benzene rings is 1. The summed E-state index contributed by atoms with van der Waals surface area (Å²) < 4.78 is 1.65. The third-order valence-corrected chi connectivity index (χ3v) is 3.08. The van der Waals surface area contributed by atoms with Crippen LogP contribution in [0.3, 0.4) is 0 Å². The Morgan fingerprint density at radius 3 is 2.71 bits per heavy atom. The van der Waals surface area contributed by atoms with Gasteiger partial charge in [0.25, 0.3) is 0 Å². The van der Waals surface area contributed by atoms with E-state index in [0.717, 1.165) is 16.9 Å². The standard InChI is InChI=1S/C11H12Cl2N4/c1-7-3-10(13)11(4-9(7)12)14-5-8-6-17(2)16-15-8/h3-4,6,14H,5H2,1-2H3. The van der Waals surface area contributed by atoms with Crippen molar-refractivity contribution in [1.82, 2.24) is 15.0 Å². The van der Waals surface area contributed by atoms with Crippen molar-refractivity contribution in [3.63, 3.8) is 0 Å². The second kappa shape index (κ2) is 4.94. The average molecular weight is 271 g/mol. The summed E-state index contributed by atoms with van der Waals surface area (Å²) in [5.41, 5.74) is 2.61. The van der Waals surface area contributed by atoms with Crippen molar-refractivity contribution in [3.05, 3.63) is 39.6 Å². The van der Waals surface area contributed by atoms with Crippen molar-refractivity contribution in [2.45, 2.75) is 13.5 Å². The van der Waals surface area contributed by atoms with Crippen LogP contribution in [-0.4, -0.2) is 15.0 Å². The first-order chi connectivity index (χ1) is 8.06. The zero-order valence-corrected chi connectivity index (χ0v) is 11.0. The number of nitrogens with one attached hydrogen (secondary N) is 1. The fourth-order valence-corrected chi connectivity index (χ4v) is 1.89. The zero-order chi connectivity index (χ0) is 12.4. The van der Waals surface area contributed by atoms with E-state index in [2.05, 4.69) is 15.6 Å². The third kappa shape index (κ3) is 2.90. The number of aryl methyl sites for hydroxylation is 2. The minimum Gasteiger partial charge on any atom is -0.378 e. The molecule has 0 fully saturated rings. The number of halogens is 2. The fourth-order valence-electron chi connectivity index (χ4n) is 1.44. The molecular weight excluding hydrogens is 259 g/mol. The summed E-state index contributed by atoms with van der Waals surface area (Å²) in [4.78, 5) is 0. The minimum absolute atomic E-state index is 0.562. The maximum atomic E-state index is 6.11. The van der Waals surface area contributed by atoms with Gasteiger partial charge in [-0.05, 0) is 24.6 Å². The molecule has 0 aliphatic carbocycles. The molecule has 4 nitrogen and oxygen atoms in total. The largest absolute Gasteiger partial charge is 0.378 e. The van der Waals surface area contributed by atoms with Crippen molar-refractivity contribution >= 4 is 28.9 Å². The van der Waals surface area contributed by atoms with E-state index in [1.165, 1.54) is 0 Å². The molecule has 0 aliphatic heterocycles. The van der Waals surface area contributed by atoms with E-state index in [4.69, 9.17) is 23.2 Å². The molecule has 2 aromatic rings. The lowest BCUT2D eigenvalue weighted by Gasteiger charge is -2.08. The van der Waals surface area contributed by atoms with E-state index in [-0.39, 0.29) is 0 Å². The molecule has 0 saturated carbocycles. The first-order valence-corrected chi connectivity index (χ1v) is 5.86. The molecule has 1 aromatic carbocycles. The Balaban J connectivity index is 2.11. The molecule has 1 N–H and O–H groups in total. The number of rotatable bonds is 3. The van der Waals surface area contributed by atoms with E-state index in [9.17, 15) is 0 Å². The van der Waals surface area contributed by atoms with Crippen LogP contribution >= 0.6 is 23.2 Å². The normalized spacial score (nSPS) is 10.6. The van der Waals surface area contributed by atoms with Gasteiger partial charge in [-0.2, -0.15) is 0 Å². The lowest BCUT2D eigenvalue weighted by Crippen LogP contribution is -2.00.